The minimum Gasteiger partial charge on any atom is -0.379 e. The maximum absolute atomic E-state index is 6.07. The SMILES string of the molecule is CCNC(=NCC(c1ccc(Cl)cc1)N1CCOCC1)NCC1CC1. The fraction of sp³-hybridized carbons (Fsp3) is 0.632. The second-order valence-corrected chi connectivity index (χ2v) is 7.20. The summed E-state index contributed by atoms with van der Waals surface area (Å²) in [5.41, 5.74) is 1.26. The van der Waals surface area contributed by atoms with E-state index in [1.165, 1.54) is 18.4 Å². The summed E-state index contributed by atoms with van der Waals surface area (Å²) in [6, 6.07) is 8.40. The van der Waals surface area contributed by atoms with Crippen molar-refractivity contribution in [2.24, 2.45) is 10.9 Å². The third-order valence-electron chi connectivity index (χ3n) is 4.76. The average Bonchev–Trinajstić information content (AvgIpc) is 3.46. The quantitative estimate of drug-likeness (QED) is 0.577. The number of benzene rings is 1. The summed E-state index contributed by atoms with van der Waals surface area (Å²) < 4.78 is 5.52. The number of hydrogen-bond donors (Lipinski definition) is 2. The van der Waals surface area contributed by atoms with Gasteiger partial charge >= 0.3 is 0 Å². The maximum Gasteiger partial charge on any atom is 0.191 e. The minimum absolute atomic E-state index is 0.248. The molecule has 2 N–H and O–H groups in total. The van der Waals surface area contributed by atoms with Crippen LogP contribution in [0.4, 0.5) is 0 Å². The van der Waals surface area contributed by atoms with Crippen molar-refractivity contribution in [1.82, 2.24) is 15.5 Å². The summed E-state index contributed by atoms with van der Waals surface area (Å²) in [6.07, 6.45) is 2.68. The molecule has 0 spiro atoms. The van der Waals surface area contributed by atoms with Crippen molar-refractivity contribution in [3.05, 3.63) is 34.9 Å². The predicted molar refractivity (Wildman–Crippen MR) is 103 cm³/mol. The molecule has 0 amide bonds. The van der Waals surface area contributed by atoms with Crippen molar-refractivity contribution >= 4 is 17.6 Å². The molecule has 25 heavy (non-hydrogen) atoms. The van der Waals surface area contributed by atoms with Gasteiger partial charge in [-0.25, -0.2) is 0 Å². The molecule has 3 rings (SSSR count). The Morgan fingerprint density at radius 2 is 1.96 bits per heavy atom. The first-order chi connectivity index (χ1) is 12.3. The Bertz CT molecular complexity index is 553. The van der Waals surface area contributed by atoms with E-state index in [-0.39, 0.29) is 6.04 Å². The molecule has 1 atom stereocenters. The lowest BCUT2D eigenvalue weighted by Crippen LogP contribution is -2.42. The van der Waals surface area contributed by atoms with Gasteiger partial charge in [0.15, 0.2) is 5.96 Å². The highest BCUT2D eigenvalue weighted by Crippen LogP contribution is 2.27. The Morgan fingerprint density at radius 1 is 1.24 bits per heavy atom. The second kappa shape index (κ2) is 9.41. The number of guanidine groups is 1. The Labute approximate surface area is 155 Å². The fourth-order valence-electron chi connectivity index (χ4n) is 3.09. The molecule has 5 nitrogen and oxygen atoms in total. The van der Waals surface area contributed by atoms with E-state index >= 15 is 0 Å². The molecule has 0 bridgehead atoms. The molecular formula is C19H29ClN4O. The highest BCUT2D eigenvalue weighted by atomic mass is 35.5. The zero-order chi connectivity index (χ0) is 17.5. The highest BCUT2D eigenvalue weighted by molar-refractivity contribution is 6.30. The minimum atomic E-state index is 0.248. The Hall–Kier alpha value is -1.30. The molecule has 0 radical (unpaired) electrons. The van der Waals surface area contributed by atoms with E-state index in [4.69, 9.17) is 21.3 Å². The van der Waals surface area contributed by atoms with Crippen molar-refractivity contribution < 1.29 is 4.74 Å². The van der Waals surface area contributed by atoms with Crippen molar-refractivity contribution in [3.8, 4) is 0 Å². The van der Waals surface area contributed by atoms with Gasteiger partial charge in [-0.1, -0.05) is 23.7 Å². The van der Waals surface area contributed by atoms with E-state index < -0.39 is 0 Å². The standard InChI is InChI=1S/C19H29ClN4O/c1-2-21-19(22-13-15-3-4-15)23-14-18(24-9-11-25-12-10-24)16-5-7-17(20)8-6-16/h5-8,15,18H,2-4,9-14H2,1H3,(H2,21,22,23). The topological polar surface area (TPSA) is 48.9 Å². The van der Waals surface area contributed by atoms with Gasteiger partial charge in [0.2, 0.25) is 0 Å². The molecule has 1 saturated heterocycles. The third kappa shape index (κ3) is 5.87. The Morgan fingerprint density at radius 3 is 2.60 bits per heavy atom. The zero-order valence-corrected chi connectivity index (χ0v) is 15.8. The smallest absolute Gasteiger partial charge is 0.191 e. The van der Waals surface area contributed by atoms with Gasteiger partial charge in [-0.05, 0) is 43.4 Å². The summed E-state index contributed by atoms with van der Waals surface area (Å²) in [5, 5.41) is 7.61. The van der Waals surface area contributed by atoms with Crippen LogP contribution >= 0.6 is 11.6 Å². The molecule has 2 fully saturated rings. The predicted octanol–water partition coefficient (Wildman–Crippen LogP) is 2.68. The molecule has 1 saturated carbocycles. The van der Waals surface area contributed by atoms with Crippen LogP contribution in [0.3, 0.4) is 0 Å². The van der Waals surface area contributed by atoms with Crippen molar-refractivity contribution in [3.63, 3.8) is 0 Å². The lowest BCUT2D eigenvalue weighted by molar-refractivity contribution is 0.0179. The Kier molecular flexibility index (Phi) is 6.96. The summed E-state index contributed by atoms with van der Waals surface area (Å²) >= 11 is 6.07. The van der Waals surface area contributed by atoms with Crippen LogP contribution < -0.4 is 10.6 Å². The van der Waals surface area contributed by atoms with Gasteiger partial charge in [-0.15, -0.1) is 0 Å². The van der Waals surface area contributed by atoms with Gasteiger partial charge in [0.1, 0.15) is 0 Å². The normalized spacial score (nSPS) is 20.3. The number of nitrogens with zero attached hydrogens (tertiary/aromatic N) is 2. The van der Waals surface area contributed by atoms with Gasteiger partial charge in [0.05, 0.1) is 25.8 Å². The van der Waals surface area contributed by atoms with Crippen LogP contribution in [0.5, 0.6) is 0 Å². The van der Waals surface area contributed by atoms with Crippen LogP contribution in [-0.2, 0) is 4.74 Å². The molecule has 1 aliphatic carbocycles. The van der Waals surface area contributed by atoms with Gasteiger partial charge in [0, 0.05) is 31.2 Å². The molecule has 1 aromatic rings. The summed E-state index contributed by atoms with van der Waals surface area (Å²) in [4.78, 5) is 7.33. The molecule has 1 aliphatic heterocycles. The second-order valence-electron chi connectivity index (χ2n) is 6.76. The first-order valence-electron chi connectivity index (χ1n) is 9.35. The first-order valence-corrected chi connectivity index (χ1v) is 9.73. The lowest BCUT2D eigenvalue weighted by Gasteiger charge is -2.34. The molecule has 6 heteroatoms. The van der Waals surface area contributed by atoms with Crippen molar-refractivity contribution in [2.75, 3.05) is 45.9 Å². The molecule has 1 aromatic carbocycles. The van der Waals surface area contributed by atoms with Crippen molar-refractivity contribution in [2.45, 2.75) is 25.8 Å². The number of nitrogens with one attached hydrogen (secondary N) is 2. The number of hydrogen-bond acceptors (Lipinski definition) is 3. The van der Waals surface area contributed by atoms with Crippen LogP contribution in [-0.4, -0.2) is 56.8 Å². The number of rotatable bonds is 7. The van der Waals surface area contributed by atoms with E-state index in [1.54, 1.807) is 0 Å². The van der Waals surface area contributed by atoms with Gasteiger partial charge in [0.25, 0.3) is 0 Å². The monoisotopic (exact) mass is 364 g/mol. The van der Waals surface area contributed by atoms with Crippen LogP contribution in [0.1, 0.15) is 31.4 Å². The number of ether oxygens (including phenoxy) is 1. The molecule has 1 heterocycles. The fourth-order valence-corrected chi connectivity index (χ4v) is 3.21. The number of halogens is 1. The van der Waals surface area contributed by atoms with Crippen molar-refractivity contribution in [1.29, 1.82) is 0 Å². The van der Waals surface area contributed by atoms with Crippen LogP contribution in [0.2, 0.25) is 5.02 Å². The van der Waals surface area contributed by atoms with Crippen LogP contribution in [0.15, 0.2) is 29.3 Å². The summed E-state index contributed by atoms with van der Waals surface area (Å²) in [5.74, 6) is 1.75. The summed E-state index contributed by atoms with van der Waals surface area (Å²) in [7, 11) is 0. The lowest BCUT2D eigenvalue weighted by atomic mass is 10.0. The van der Waals surface area contributed by atoms with E-state index in [0.717, 1.165) is 62.8 Å². The number of morpholine rings is 1. The van der Waals surface area contributed by atoms with Crippen LogP contribution in [0.25, 0.3) is 0 Å². The number of aliphatic imine (C=N–C) groups is 1. The first kappa shape index (κ1) is 18.5. The van der Waals surface area contributed by atoms with E-state index in [1.807, 2.05) is 12.1 Å². The molecule has 0 aromatic heterocycles. The Balaban J connectivity index is 1.70. The molecule has 2 aliphatic rings. The largest absolute Gasteiger partial charge is 0.379 e. The van der Waals surface area contributed by atoms with Gasteiger partial charge < -0.3 is 15.4 Å². The van der Waals surface area contributed by atoms with Gasteiger partial charge in [-0.3, -0.25) is 9.89 Å². The van der Waals surface area contributed by atoms with E-state index in [0.29, 0.717) is 0 Å². The molecule has 138 valence electrons. The zero-order valence-electron chi connectivity index (χ0n) is 15.0. The summed E-state index contributed by atoms with van der Waals surface area (Å²) in [6.45, 7) is 8.18. The molecular weight excluding hydrogens is 336 g/mol. The average molecular weight is 365 g/mol. The third-order valence-corrected chi connectivity index (χ3v) is 5.01. The van der Waals surface area contributed by atoms with Gasteiger partial charge in [-0.2, -0.15) is 0 Å². The molecule has 1 unspecified atom stereocenters. The maximum atomic E-state index is 6.07. The van der Waals surface area contributed by atoms with E-state index in [9.17, 15) is 0 Å². The highest BCUT2D eigenvalue weighted by Gasteiger charge is 2.23. The van der Waals surface area contributed by atoms with E-state index in [2.05, 4.69) is 34.6 Å². The van der Waals surface area contributed by atoms with Crippen LogP contribution in [0, 0.1) is 5.92 Å².